The summed E-state index contributed by atoms with van der Waals surface area (Å²) in [6.07, 6.45) is 0.317. The summed E-state index contributed by atoms with van der Waals surface area (Å²) < 4.78 is 12.5. The number of aliphatic hydroxyl groups excluding tert-OH is 1. The average molecular weight is 594 g/mol. The number of piperidine rings is 1. The van der Waals surface area contributed by atoms with Gasteiger partial charge in [-0.1, -0.05) is 45.9 Å². The molecule has 7 fully saturated rings. The molecule has 3 aliphatic heterocycles. The lowest BCUT2D eigenvalue weighted by Gasteiger charge is -2.73. The number of esters is 1. The Balaban J connectivity index is 1.21. The van der Waals surface area contributed by atoms with Crippen LogP contribution in [0, 0.1) is 45.3 Å². The third-order valence-electron chi connectivity index (χ3n) is 12.8. The number of hydrogen-bond acceptors (Lipinski definition) is 8. The Kier molecular flexibility index (Phi) is 6.23. The van der Waals surface area contributed by atoms with Crippen LogP contribution in [0.5, 0.6) is 0 Å². The van der Waals surface area contributed by atoms with Gasteiger partial charge in [0.2, 0.25) is 5.79 Å². The van der Waals surface area contributed by atoms with Crippen molar-refractivity contribution in [1.29, 1.82) is 0 Å². The predicted molar refractivity (Wildman–Crippen MR) is 153 cm³/mol. The SMILES string of the molecule is CC1(C)CCC(=O)[C@]23CO[C@](O)([C@@H](O)[C@H]12)[C@]12C(=O)C(C)(C)[C@H](CC[C@@H]31)[C@H]2OC(=O)C1CCN(C(=O)c2ccccc2)CC1. The standard InChI is InChI=1S/C34H43NO8/c1-30(2)15-12-23(36)32-18-42-34(41,25(37)24(30)32)33-22(32)11-10-21(31(3,4)29(33)40)26(33)43-28(39)20-13-16-35(17-14-20)27(38)19-8-6-5-7-9-19/h5-9,20-22,24-26,37,41H,10-18H2,1-4H3/t21-,22+,24-,25+,26-,32-,33-,34-/m1/s1. The number of Topliss-reactive ketones (excluding diaryl/α,β-unsaturated/α-hetero) is 2. The van der Waals surface area contributed by atoms with Crippen molar-refractivity contribution in [2.24, 2.45) is 45.3 Å². The van der Waals surface area contributed by atoms with E-state index in [4.69, 9.17) is 9.47 Å². The number of carbonyl (C=O) groups excluding carboxylic acids is 4. The molecule has 1 aromatic carbocycles. The number of aliphatic hydroxyl groups is 2. The third-order valence-corrected chi connectivity index (χ3v) is 12.8. The highest BCUT2D eigenvalue weighted by Gasteiger charge is 2.89. The van der Waals surface area contributed by atoms with Crippen LogP contribution in [0.25, 0.3) is 0 Å². The first-order chi connectivity index (χ1) is 20.2. The first kappa shape index (κ1) is 29.1. The zero-order valence-corrected chi connectivity index (χ0v) is 25.5. The zero-order valence-electron chi connectivity index (χ0n) is 25.5. The van der Waals surface area contributed by atoms with Crippen molar-refractivity contribution in [2.45, 2.75) is 84.2 Å². The minimum Gasteiger partial charge on any atom is -0.461 e. The van der Waals surface area contributed by atoms with Crippen LogP contribution >= 0.6 is 0 Å². The second kappa shape index (κ2) is 9.21. The van der Waals surface area contributed by atoms with Gasteiger partial charge in [0.15, 0.2) is 5.78 Å². The molecule has 1 amide bonds. The summed E-state index contributed by atoms with van der Waals surface area (Å²) in [7, 11) is 0. The molecule has 7 aliphatic rings. The Morgan fingerprint density at radius 1 is 1.00 bits per heavy atom. The van der Waals surface area contributed by atoms with Crippen LogP contribution in [0.1, 0.15) is 76.6 Å². The Labute approximate surface area is 252 Å². The lowest BCUT2D eigenvalue weighted by atomic mass is 9.36. The van der Waals surface area contributed by atoms with E-state index in [-0.39, 0.29) is 30.0 Å². The summed E-state index contributed by atoms with van der Waals surface area (Å²) in [6, 6.07) is 9.05. The maximum Gasteiger partial charge on any atom is 0.309 e. The number of hydrogen-bond donors (Lipinski definition) is 2. The van der Waals surface area contributed by atoms with Crippen molar-refractivity contribution in [3.8, 4) is 0 Å². The molecule has 2 N–H and O–H groups in total. The molecule has 43 heavy (non-hydrogen) atoms. The van der Waals surface area contributed by atoms with Gasteiger partial charge in [0, 0.05) is 42.3 Å². The Morgan fingerprint density at radius 3 is 2.35 bits per heavy atom. The van der Waals surface area contributed by atoms with E-state index in [1.807, 2.05) is 45.9 Å². The molecule has 0 unspecified atom stereocenters. The normalized spacial score (nSPS) is 42.7. The Bertz CT molecular complexity index is 1380. The minimum atomic E-state index is -2.28. The van der Waals surface area contributed by atoms with E-state index >= 15 is 0 Å². The molecule has 9 heteroatoms. The van der Waals surface area contributed by atoms with E-state index in [0.717, 1.165) is 0 Å². The number of ether oxygens (including phenoxy) is 2. The topological polar surface area (TPSA) is 130 Å². The second-order valence-electron chi connectivity index (χ2n) is 15.3. The maximum absolute atomic E-state index is 14.7. The molecule has 4 aliphatic carbocycles. The molecule has 1 aromatic rings. The molecule has 232 valence electrons. The van der Waals surface area contributed by atoms with Gasteiger partial charge in [0.1, 0.15) is 23.4 Å². The summed E-state index contributed by atoms with van der Waals surface area (Å²) in [6.45, 7) is 8.44. The highest BCUT2D eigenvalue weighted by Crippen LogP contribution is 2.77. The van der Waals surface area contributed by atoms with Crippen molar-refractivity contribution in [3.05, 3.63) is 35.9 Å². The lowest BCUT2D eigenvalue weighted by Crippen LogP contribution is -2.85. The molecule has 4 bridgehead atoms. The summed E-state index contributed by atoms with van der Waals surface area (Å²) in [5.41, 5.74) is -3.69. The average Bonchev–Trinajstić information content (AvgIpc) is 3.08. The van der Waals surface area contributed by atoms with E-state index in [2.05, 4.69) is 0 Å². The first-order valence-electron chi connectivity index (χ1n) is 15.9. The number of amides is 1. The summed E-state index contributed by atoms with van der Waals surface area (Å²) >= 11 is 0. The van der Waals surface area contributed by atoms with Crippen molar-refractivity contribution in [1.82, 2.24) is 4.90 Å². The Morgan fingerprint density at radius 2 is 1.67 bits per heavy atom. The number of fused-ring (bicyclic) bond motifs is 2. The second-order valence-corrected chi connectivity index (χ2v) is 15.3. The largest absolute Gasteiger partial charge is 0.461 e. The van der Waals surface area contributed by atoms with Crippen LogP contribution in [-0.4, -0.2) is 76.2 Å². The van der Waals surface area contributed by atoms with Crippen LogP contribution in [0.15, 0.2) is 30.3 Å². The summed E-state index contributed by atoms with van der Waals surface area (Å²) in [4.78, 5) is 57.2. The van der Waals surface area contributed by atoms with Crippen LogP contribution in [0.2, 0.25) is 0 Å². The number of nitrogens with zero attached hydrogens (tertiary/aromatic N) is 1. The van der Waals surface area contributed by atoms with Gasteiger partial charge in [-0.3, -0.25) is 19.2 Å². The molecule has 8 rings (SSSR count). The van der Waals surface area contributed by atoms with Gasteiger partial charge >= 0.3 is 5.97 Å². The number of ketones is 2. The molecular formula is C34H43NO8. The fourth-order valence-corrected chi connectivity index (χ4v) is 10.7. The van der Waals surface area contributed by atoms with Crippen molar-refractivity contribution in [3.63, 3.8) is 0 Å². The maximum atomic E-state index is 14.7. The molecule has 8 atom stereocenters. The van der Waals surface area contributed by atoms with Crippen LogP contribution in [0.4, 0.5) is 0 Å². The molecule has 9 nitrogen and oxygen atoms in total. The molecule has 3 heterocycles. The molecule has 0 radical (unpaired) electrons. The van der Waals surface area contributed by atoms with Crippen LogP contribution in [-0.2, 0) is 23.9 Å². The monoisotopic (exact) mass is 593 g/mol. The zero-order chi connectivity index (χ0) is 30.7. The number of rotatable bonds is 3. The summed E-state index contributed by atoms with van der Waals surface area (Å²) in [5, 5.41) is 24.4. The van der Waals surface area contributed by atoms with Gasteiger partial charge in [-0.25, -0.2) is 0 Å². The minimum absolute atomic E-state index is 0.0292. The van der Waals surface area contributed by atoms with E-state index in [1.54, 1.807) is 17.0 Å². The van der Waals surface area contributed by atoms with Crippen molar-refractivity contribution < 1.29 is 38.9 Å². The molecular weight excluding hydrogens is 550 g/mol. The first-order valence-corrected chi connectivity index (χ1v) is 15.9. The molecule has 0 aromatic heterocycles. The lowest BCUT2D eigenvalue weighted by molar-refractivity contribution is -0.437. The molecule has 3 saturated heterocycles. The smallest absolute Gasteiger partial charge is 0.309 e. The van der Waals surface area contributed by atoms with Gasteiger partial charge in [0.25, 0.3) is 5.91 Å². The molecule has 2 spiro atoms. The molecule has 4 saturated carbocycles. The van der Waals surface area contributed by atoms with Crippen LogP contribution in [0.3, 0.4) is 0 Å². The quantitative estimate of drug-likeness (QED) is 0.512. The fourth-order valence-electron chi connectivity index (χ4n) is 10.7. The van der Waals surface area contributed by atoms with Gasteiger partial charge in [-0.2, -0.15) is 0 Å². The van der Waals surface area contributed by atoms with Gasteiger partial charge < -0.3 is 24.6 Å². The summed E-state index contributed by atoms with van der Waals surface area (Å²) in [5.74, 6) is -5.18. The van der Waals surface area contributed by atoms with Crippen molar-refractivity contribution in [2.75, 3.05) is 19.7 Å². The van der Waals surface area contributed by atoms with Gasteiger partial charge in [0.05, 0.1) is 17.9 Å². The van der Waals surface area contributed by atoms with Crippen molar-refractivity contribution >= 4 is 23.4 Å². The van der Waals surface area contributed by atoms with Gasteiger partial charge in [-0.15, -0.1) is 0 Å². The van der Waals surface area contributed by atoms with E-state index < -0.39 is 63.4 Å². The van der Waals surface area contributed by atoms with E-state index in [0.29, 0.717) is 57.2 Å². The highest BCUT2D eigenvalue weighted by atomic mass is 16.6. The van der Waals surface area contributed by atoms with Crippen LogP contribution < -0.4 is 0 Å². The highest BCUT2D eigenvalue weighted by molar-refractivity contribution is 5.99. The van der Waals surface area contributed by atoms with E-state index in [1.165, 1.54) is 0 Å². The predicted octanol–water partition coefficient (Wildman–Crippen LogP) is 3.16. The number of benzene rings is 1. The van der Waals surface area contributed by atoms with E-state index in [9.17, 15) is 29.4 Å². The number of carbonyl (C=O) groups is 4. The Hall–Kier alpha value is -2.62. The number of likely N-dealkylation sites (tertiary alicyclic amines) is 1. The third kappa shape index (κ3) is 3.45. The fraction of sp³-hybridized carbons (Fsp3) is 0.706. The van der Waals surface area contributed by atoms with Gasteiger partial charge in [-0.05, 0) is 55.6 Å².